The number of H-pyrrole nitrogens is 1. The third-order valence-corrected chi connectivity index (χ3v) is 3.32. The molecule has 2 aromatic rings. The van der Waals surface area contributed by atoms with Gasteiger partial charge >= 0.3 is 6.03 Å². The van der Waals surface area contributed by atoms with Gasteiger partial charge in [-0.1, -0.05) is 18.2 Å². The van der Waals surface area contributed by atoms with Crippen LogP contribution in [0.1, 0.15) is 22.4 Å². The van der Waals surface area contributed by atoms with Crippen LogP contribution < -0.4 is 16.2 Å². The molecule has 0 saturated carbocycles. The average molecular weight is 303 g/mol. The number of carbonyl (C=O) groups is 1. The lowest BCUT2D eigenvalue weighted by molar-refractivity contribution is 0.240. The molecule has 2 rings (SSSR count). The van der Waals surface area contributed by atoms with Crippen LogP contribution in [0.3, 0.4) is 0 Å². The molecule has 3 N–H and O–H groups in total. The molecule has 0 radical (unpaired) electrons. The summed E-state index contributed by atoms with van der Waals surface area (Å²) in [5.74, 6) is -0.367. The Kier molecular flexibility index (Phi) is 4.93. The fourth-order valence-corrected chi connectivity index (χ4v) is 2.15. The summed E-state index contributed by atoms with van der Waals surface area (Å²) < 4.78 is 13.4. The van der Waals surface area contributed by atoms with E-state index in [0.29, 0.717) is 11.1 Å². The van der Waals surface area contributed by atoms with Crippen LogP contribution in [-0.2, 0) is 13.1 Å². The second kappa shape index (κ2) is 6.89. The number of benzene rings is 1. The standard InChI is InChI=1S/C16H18FN3O2/c1-10-7-11(2)20-15(21)13(10)9-19-16(22)18-8-12-5-3-4-6-14(12)17/h3-7H,8-9H2,1-2H3,(H,20,21)(H2,18,19,22). The minimum absolute atomic E-state index is 0.0851. The molecular weight excluding hydrogens is 285 g/mol. The Morgan fingerprint density at radius 3 is 2.55 bits per heavy atom. The molecule has 0 atom stereocenters. The quantitative estimate of drug-likeness (QED) is 0.809. The first-order valence-corrected chi connectivity index (χ1v) is 6.92. The number of amides is 2. The number of hydrogen-bond acceptors (Lipinski definition) is 2. The molecule has 5 nitrogen and oxygen atoms in total. The maximum Gasteiger partial charge on any atom is 0.315 e. The highest BCUT2D eigenvalue weighted by molar-refractivity contribution is 5.73. The van der Waals surface area contributed by atoms with Crippen molar-refractivity contribution in [2.75, 3.05) is 0 Å². The lowest BCUT2D eigenvalue weighted by atomic mass is 10.1. The predicted octanol–water partition coefficient (Wildman–Crippen LogP) is 2.13. The molecule has 1 aromatic heterocycles. The van der Waals surface area contributed by atoms with E-state index >= 15 is 0 Å². The molecular formula is C16H18FN3O2. The van der Waals surface area contributed by atoms with E-state index in [1.165, 1.54) is 6.07 Å². The minimum Gasteiger partial charge on any atom is -0.334 e. The third kappa shape index (κ3) is 3.94. The molecule has 0 spiro atoms. The molecule has 0 unspecified atom stereocenters. The SMILES string of the molecule is Cc1cc(C)c(CNC(=O)NCc2ccccc2F)c(=O)[nH]1. The van der Waals surface area contributed by atoms with Crippen molar-refractivity contribution < 1.29 is 9.18 Å². The minimum atomic E-state index is -0.456. The van der Waals surface area contributed by atoms with Gasteiger partial charge in [0.05, 0.1) is 6.54 Å². The van der Waals surface area contributed by atoms with Gasteiger partial charge in [-0.2, -0.15) is 0 Å². The van der Waals surface area contributed by atoms with Gasteiger partial charge in [0.25, 0.3) is 5.56 Å². The fourth-order valence-electron chi connectivity index (χ4n) is 2.15. The molecule has 1 heterocycles. The highest BCUT2D eigenvalue weighted by Crippen LogP contribution is 2.05. The second-order valence-electron chi connectivity index (χ2n) is 5.07. The van der Waals surface area contributed by atoms with E-state index < -0.39 is 6.03 Å². The summed E-state index contributed by atoms with van der Waals surface area (Å²) in [7, 11) is 0. The number of halogens is 1. The Morgan fingerprint density at radius 2 is 1.86 bits per heavy atom. The Bertz CT molecular complexity index is 740. The molecule has 116 valence electrons. The zero-order valence-electron chi connectivity index (χ0n) is 12.5. The lowest BCUT2D eigenvalue weighted by Crippen LogP contribution is -2.36. The molecule has 0 aliphatic heterocycles. The summed E-state index contributed by atoms with van der Waals surface area (Å²) in [6.45, 7) is 3.82. The molecule has 0 saturated heterocycles. The fraction of sp³-hybridized carbons (Fsp3) is 0.250. The maximum atomic E-state index is 13.4. The van der Waals surface area contributed by atoms with E-state index in [9.17, 15) is 14.0 Å². The molecule has 0 bridgehead atoms. The van der Waals surface area contributed by atoms with E-state index in [1.54, 1.807) is 25.1 Å². The summed E-state index contributed by atoms with van der Waals surface area (Å²) >= 11 is 0. The van der Waals surface area contributed by atoms with Crippen LogP contribution in [0.15, 0.2) is 35.1 Å². The molecule has 6 heteroatoms. The van der Waals surface area contributed by atoms with Crippen molar-refractivity contribution in [3.63, 3.8) is 0 Å². The van der Waals surface area contributed by atoms with E-state index in [-0.39, 0.29) is 24.5 Å². The number of rotatable bonds is 4. The van der Waals surface area contributed by atoms with Crippen LogP contribution in [0.25, 0.3) is 0 Å². The molecule has 1 aromatic carbocycles. The van der Waals surface area contributed by atoms with Gasteiger partial charge < -0.3 is 15.6 Å². The van der Waals surface area contributed by atoms with Crippen molar-refractivity contribution in [3.8, 4) is 0 Å². The smallest absolute Gasteiger partial charge is 0.315 e. The summed E-state index contributed by atoms with van der Waals surface area (Å²) in [6.07, 6.45) is 0. The molecule has 0 fully saturated rings. The van der Waals surface area contributed by atoms with Crippen LogP contribution in [-0.4, -0.2) is 11.0 Å². The monoisotopic (exact) mass is 303 g/mol. The number of hydrogen-bond donors (Lipinski definition) is 3. The molecule has 22 heavy (non-hydrogen) atoms. The number of nitrogens with one attached hydrogen (secondary N) is 3. The largest absolute Gasteiger partial charge is 0.334 e. The predicted molar refractivity (Wildman–Crippen MR) is 82.0 cm³/mol. The number of aromatic nitrogens is 1. The van der Waals surface area contributed by atoms with Crippen molar-refractivity contribution in [2.24, 2.45) is 0 Å². The number of carbonyl (C=O) groups excluding carboxylic acids is 1. The summed E-state index contributed by atoms with van der Waals surface area (Å²) in [5, 5.41) is 5.16. The molecule has 0 aliphatic rings. The van der Waals surface area contributed by atoms with E-state index in [1.807, 2.05) is 13.0 Å². The summed E-state index contributed by atoms with van der Waals surface area (Å²) in [5.41, 5.74) is 2.28. The van der Waals surface area contributed by atoms with Crippen LogP contribution in [0.4, 0.5) is 9.18 Å². The van der Waals surface area contributed by atoms with Gasteiger partial charge in [0.1, 0.15) is 5.82 Å². The normalized spacial score (nSPS) is 10.3. The molecule has 2 amide bonds. The highest BCUT2D eigenvalue weighted by Gasteiger charge is 2.08. The van der Waals surface area contributed by atoms with Gasteiger partial charge in [-0.25, -0.2) is 9.18 Å². The zero-order valence-corrected chi connectivity index (χ0v) is 12.5. The van der Waals surface area contributed by atoms with Gasteiger partial charge in [-0.3, -0.25) is 4.79 Å². The van der Waals surface area contributed by atoms with Gasteiger partial charge in [0.15, 0.2) is 0 Å². The van der Waals surface area contributed by atoms with Crippen molar-refractivity contribution in [1.82, 2.24) is 15.6 Å². The van der Waals surface area contributed by atoms with Crippen molar-refractivity contribution in [3.05, 3.63) is 68.9 Å². The third-order valence-electron chi connectivity index (χ3n) is 3.32. The zero-order chi connectivity index (χ0) is 16.1. The summed E-state index contributed by atoms with van der Waals surface area (Å²) in [4.78, 5) is 26.2. The van der Waals surface area contributed by atoms with E-state index in [2.05, 4.69) is 15.6 Å². The maximum absolute atomic E-state index is 13.4. The van der Waals surface area contributed by atoms with Gasteiger partial charge in [0.2, 0.25) is 0 Å². The first-order chi connectivity index (χ1) is 10.5. The Labute approximate surface area is 127 Å². The Hall–Kier alpha value is -2.63. The lowest BCUT2D eigenvalue weighted by Gasteiger charge is -2.10. The van der Waals surface area contributed by atoms with Crippen LogP contribution in [0.5, 0.6) is 0 Å². The van der Waals surface area contributed by atoms with Gasteiger partial charge in [0, 0.05) is 23.4 Å². The van der Waals surface area contributed by atoms with Crippen LogP contribution in [0, 0.1) is 19.7 Å². The topological polar surface area (TPSA) is 74.0 Å². The summed E-state index contributed by atoms with van der Waals surface area (Å²) in [6, 6.07) is 7.62. The van der Waals surface area contributed by atoms with Crippen molar-refractivity contribution in [1.29, 1.82) is 0 Å². The first-order valence-electron chi connectivity index (χ1n) is 6.92. The van der Waals surface area contributed by atoms with Crippen molar-refractivity contribution in [2.45, 2.75) is 26.9 Å². The first kappa shape index (κ1) is 15.8. The van der Waals surface area contributed by atoms with Crippen LogP contribution in [0.2, 0.25) is 0 Å². The number of pyridine rings is 1. The van der Waals surface area contributed by atoms with Gasteiger partial charge in [-0.05, 0) is 31.5 Å². The number of aryl methyl sites for hydroxylation is 2. The number of aromatic amines is 1. The Morgan fingerprint density at radius 1 is 1.18 bits per heavy atom. The second-order valence-corrected chi connectivity index (χ2v) is 5.07. The molecule has 0 aliphatic carbocycles. The van der Waals surface area contributed by atoms with Crippen LogP contribution >= 0.6 is 0 Å². The van der Waals surface area contributed by atoms with Gasteiger partial charge in [-0.15, -0.1) is 0 Å². The Balaban J connectivity index is 1.91. The highest BCUT2D eigenvalue weighted by atomic mass is 19.1. The number of urea groups is 1. The average Bonchev–Trinajstić information content (AvgIpc) is 2.45. The van der Waals surface area contributed by atoms with Crippen molar-refractivity contribution >= 4 is 6.03 Å². The van der Waals surface area contributed by atoms with E-state index in [4.69, 9.17) is 0 Å². The van der Waals surface area contributed by atoms with E-state index in [0.717, 1.165) is 11.3 Å².